The highest BCUT2D eigenvalue weighted by atomic mass is 16.1. The number of hydrogen-bond acceptors (Lipinski definition) is 4. The van der Waals surface area contributed by atoms with Gasteiger partial charge >= 0.3 is 5.69 Å². The van der Waals surface area contributed by atoms with Crippen molar-refractivity contribution in [2.45, 2.75) is 33.4 Å². The molecule has 0 saturated heterocycles. The van der Waals surface area contributed by atoms with E-state index in [2.05, 4.69) is 9.97 Å². The number of nitrogens with zero attached hydrogens (tertiary/aromatic N) is 4. The number of fused-ring (bicyclic) bond motifs is 1. The number of nitrogens with two attached hydrogens (primary N) is 1. The van der Waals surface area contributed by atoms with Crippen molar-refractivity contribution in [1.82, 2.24) is 19.1 Å². The number of imidazole rings is 1. The first-order valence-corrected chi connectivity index (χ1v) is 5.29. The lowest BCUT2D eigenvalue weighted by Gasteiger charge is -2.05. The van der Waals surface area contributed by atoms with Crippen LogP contribution in [0.4, 0.5) is 5.82 Å². The highest BCUT2D eigenvalue weighted by molar-refractivity contribution is 5.82. The average molecular weight is 221 g/mol. The van der Waals surface area contributed by atoms with Gasteiger partial charge in [-0.2, -0.15) is 0 Å². The van der Waals surface area contributed by atoms with Crippen LogP contribution in [0.15, 0.2) is 11.1 Å². The van der Waals surface area contributed by atoms with Crippen LogP contribution >= 0.6 is 0 Å². The summed E-state index contributed by atoms with van der Waals surface area (Å²) in [5, 5.41) is 0. The number of anilines is 1. The van der Waals surface area contributed by atoms with E-state index in [-0.39, 0.29) is 11.7 Å². The molecule has 6 nitrogen and oxygen atoms in total. The summed E-state index contributed by atoms with van der Waals surface area (Å²) in [6.45, 7) is 6.35. The minimum absolute atomic E-state index is 0.0529. The molecule has 0 radical (unpaired) electrons. The van der Waals surface area contributed by atoms with Crippen LogP contribution in [0.5, 0.6) is 0 Å². The number of rotatable bonds is 2. The molecule has 0 saturated carbocycles. The molecule has 16 heavy (non-hydrogen) atoms. The zero-order valence-corrected chi connectivity index (χ0v) is 9.64. The lowest BCUT2D eigenvalue weighted by atomic mass is 10.4. The summed E-state index contributed by atoms with van der Waals surface area (Å²) in [6.07, 6.45) is 1.38. The van der Waals surface area contributed by atoms with E-state index in [1.165, 1.54) is 6.33 Å². The van der Waals surface area contributed by atoms with E-state index in [4.69, 9.17) is 5.73 Å². The molecule has 2 aromatic rings. The van der Waals surface area contributed by atoms with Gasteiger partial charge in [0, 0.05) is 12.6 Å². The molecule has 2 heterocycles. The molecule has 0 aliphatic carbocycles. The zero-order chi connectivity index (χ0) is 11.9. The molecular weight excluding hydrogens is 206 g/mol. The molecule has 86 valence electrons. The minimum atomic E-state index is -0.0836. The van der Waals surface area contributed by atoms with Crippen molar-refractivity contribution < 1.29 is 0 Å². The first-order chi connectivity index (χ1) is 7.57. The molecule has 0 spiro atoms. The third-order valence-electron chi connectivity index (χ3n) is 2.60. The van der Waals surface area contributed by atoms with E-state index in [1.807, 2.05) is 20.8 Å². The van der Waals surface area contributed by atoms with Gasteiger partial charge in [0.15, 0.2) is 11.5 Å². The molecule has 0 amide bonds. The van der Waals surface area contributed by atoms with E-state index in [1.54, 1.807) is 9.13 Å². The summed E-state index contributed by atoms with van der Waals surface area (Å²) >= 11 is 0. The van der Waals surface area contributed by atoms with Crippen molar-refractivity contribution in [2.24, 2.45) is 0 Å². The van der Waals surface area contributed by atoms with Crippen molar-refractivity contribution >= 4 is 17.0 Å². The van der Waals surface area contributed by atoms with Crippen molar-refractivity contribution in [3.8, 4) is 0 Å². The second kappa shape index (κ2) is 3.62. The molecule has 6 heteroatoms. The molecule has 0 bridgehead atoms. The second-order valence-electron chi connectivity index (χ2n) is 3.92. The van der Waals surface area contributed by atoms with Crippen LogP contribution in [0.3, 0.4) is 0 Å². The fourth-order valence-corrected chi connectivity index (χ4v) is 1.89. The zero-order valence-electron chi connectivity index (χ0n) is 9.64. The van der Waals surface area contributed by atoms with Crippen molar-refractivity contribution in [2.75, 3.05) is 5.73 Å². The van der Waals surface area contributed by atoms with Crippen LogP contribution in [-0.2, 0) is 6.54 Å². The molecule has 2 N–H and O–H groups in total. The van der Waals surface area contributed by atoms with Crippen molar-refractivity contribution in [3.63, 3.8) is 0 Å². The third-order valence-corrected chi connectivity index (χ3v) is 2.60. The van der Waals surface area contributed by atoms with Crippen molar-refractivity contribution in [1.29, 1.82) is 0 Å². The third kappa shape index (κ3) is 1.30. The Morgan fingerprint density at radius 3 is 2.69 bits per heavy atom. The first kappa shape index (κ1) is 10.7. The van der Waals surface area contributed by atoms with Gasteiger partial charge in [0.05, 0.1) is 0 Å². The van der Waals surface area contributed by atoms with Gasteiger partial charge in [-0.15, -0.1) is 0 Å². The van der Waals surface area contributed by atoms with E-state index >= 15 is 0 Å². The highest BCUT2D eigenvalue weighted by Crippen LogP contribution is 2.18. The molecule has 2 aromatic heterocycles. The topological polar surface area (TPSA) is 78.7 Å². The molecule has 0 aliphatic heterocycles. The Balaban J connectivity index is 2.98. The van der Waals surface area contributed by atoms with Gasteiger partial charge < -0.3 is 5.73 Å². The number of hydrogen-bond donors (Lipinski definition) is 1. The smallest absolute Gasteiger partial charge is 0.330 e. The van der Waals surface area contributed by atoms with Crippen LogP contribution < -0.4 is 11.4 Å². The Bertz CT molecular complexity index is 581. The molecule has 0 unspecified atom stereocenters. The van der Waals surface area contributed by atoms with Gasteiger partial charge in [0.2, 0.25) is 0 Å². The van der Waals surface area contributed by atoms with Crippen molar-refractivity contribution in [3.05, 3.63) is 16.8 Å². The van der Waals surface area contributed by atoms with E-state index in [9.17, 15) is 4.79 Å². The summed E-state index contributed by atoms with van der Waals surface area (Å²) in [4.78, 5) is 20.2. The van der Waals surface area contributed by atoms with Crippen LogP contribution in [0, 0.1) is 0 Å². The maximum Gasteiger partial charge on any atom is 0.330 e. The standard InChI is InChI=1S/C10H15N5O/c1-4-14-7-8(11)12-5-13-9(7)15(6(2)3)10(14)16/h5-6H,4H2,1-3H3,(H2,11,12,13). The lowest BCUT2D eigenvalue weighted by molar-refractivity contribution is 0.568. The highest BCUT2D eigenvalue weighted by Gasteiger charge is 2.17. The first-order valence-electron chi connectivity index (χ1n) is 5.29. The van der Waals surface area contributed by atoms with Crippen LogP contribution in [0.2, 0.25) is 0 Å². The summed E-state index contributed by atoms with van der Waals surface area (Å²) in [5.74, 6) is 0.350. The molecule has 0 aromatic carbocycles. The number of nitrogen functional groups attached to an aromatic ring is 1. The minimum Gasteiger partial charge on any atom is -0.382 e. The summed E-state index contributed by atoms with van der Waals surface area (Å²) in [5.41, 5.74) is 6.94. The molecular formula is C10H15N5O. The Morgan fingerprint density at radius 1 is 1.44 bits per heavy atom. The van der Waals surface area contributed by atoms with E-state index in [0.29, 0.717) is 23.5 Å². The number of aromatic nitrogens is 4. The Morgan fingerprint density at radius 2 is 2.12 bits per heavy atom. The van der Waals surface area contributed by atoms with Gasteiger partial charge in [-0.3, -0.25) is 9.13 Å². The molecule has 0 fully saturated rings. The van der Waals surface area contributed by atoms with E-state index < -0.39 is 0 Å². The van der Waals surface area contributed by atoms with Gasteiger partial charge in [0.1, 0.15) is 11.8 Å². The maximum atomic E-state index is 12.1. The second-order valence-corrected chi connectivity index (χ2v) is 3.92. The summed E-state index contributed by atoms with van der Waals surface area (Å²) in [7, 11) is 0. The molecule has 0 atom stereocenters. The Hall–Kier alpha value is -1.85. The normalized spacial score (nSPS) is 11.5. The van der Waals surface area contributed by atoms with E-state index in [0.717, 1.165) is 0 Å². The van der Waals surface area contributed by atoms with Crippen LogP contribution in [-0.4, -0.2) is 19.1 Å². The SMILES string of the molecule is CCn1c(=O)n(C(C)C)c2ncnc(N)c21. The van der Waals surface area contributed by atoms with Gasteiger partial charge in [0.25, 0.3) is 0 Å². The van der Waals surface area contributed by atoms with Gasteiger partial charge in [-0.25, -0.2) is 14.8 Å². The Kier molecular flexibility index (Phi) is 2.41. The molecule has 2 rings (SSSR count). The van der Waals surface area contributed by atoms with Crippen LogP contribution in [0.1, 0.15) is 26.8 Å². The van der Waals surface area contributed by atoms with Gasteiger partial charge in [-0.05, 0) is 20.8 Å². The van der Waals surface area contributed by atoms with Gasteiger partial charge in [-0.1, -0.05) is 0 Å². The number of aryl methyl sites for hydroxylation is 1. The van der Waals surface area contributed by atoms with Crippen LogP contribution in [0.25, 0.3) is 11.2 Å². The molecule has 0 aliphatic rings. The maximum absolute atomic E-state index is 12.1. The summed E-state index contributed by atoms with van der Waals surface area (Å²) in [6, 6.07) is 0.0529. The monoisotopic (exact) mass is 221 g/mol. The predicted molar refractivity (Wildman–Crippen MR) is 62.3 cm³/mol. The predicted octanol–water partition coefficient (Wildman–Crippen LogP) is 0.776. The lowest BCUT2D eigenvalue weighted by Crippen LogP contribution is -2.25. The Labute approximate surface area is 92.7 Å². The largest absolute Gasteiger partial charge is 0.382 e. The summed E-state index contributed by atoms with van der Waals surface area (Å²) < 4.78 is 3.24. The fourth-order valence-electron chi connectivity index (χ4n) is 1.89. The average Bonchev–Trinajstić information content (AvgIpc) is 2.51. The quantitative estimate of drug-likeness (QED) is 0.812. The fraction of sp³-hybridized carbons (Fsp3) is 0.500.